The van der Waals surface area contributed by atoms with Gasteiger partial charge in [0.05, 0.1) is 31.8 Å². The summed E-state index contributed by atoms with van der Waals surface area (Å²) in [5.41, 5.74) is 0.634. The monoisotopic (exact) mass is 343 g/mol. The van der Waals surface area contributed by atoms with E-state index in [0.29, 0.717) is 36.8 Å². The van der Waals surface area contributed by atoms with Crippen LogP contribution in [0.4, 0.5) is 0 Å². The summed E-state index contributed by atoms with van der Waals surface area (Å²) in [6.07, 6.45) is -0.0843. The van der Waals surface area contributed by atoms with Gasteiger partial charge in [-0.3, -0.25) is 0 Å². The maximum absolute atomic E-state index is 13.0. The molecule has 1 atom stereocenters. The molecule has 0 amide bonds. The minimum Gasteiger partial charge on any atom is -0.493 e. The molecule has 1 aliphatic heterocycles. The Hall–Kier alpha value is -1.31. The van der Waals surface area contributed by atoms with Crippen LogP contribution in [0.25, 0.3) is 0 Å². The fourth-order valence-electron chi connectivity index (χ4n) is 2.65. The number of benzene rings is 1. The van der Waals surface area contributed by atoms with Crippen molar-refractivity contribution >= 4 is 10.0 Å². The molecule has 1 aromatic rings. The summed E-state index contributed by atoms with van der Waals surface area (Å²) < 4.78 is 43.7. The van der Waals surface area contributed by atoms with Gasteiger partial charge in [0, 0.05) is 19.2 Å². The molecule has 2 rings (SSSR count). The van der Waals surface area contributed by atoms with Crippen LogP contribution in [0, 0.1) is 12.8 Å². The van der Waals surface area contributed by atoms with Gasteiger partial charge in [0.15, 0.2) is 11.5 Å². The quantitative estimate of drug-likeness (QED) is 0.819. The molecule has 0 aliphatic carbocycles. The molecular formula is C16H25NO5S. The molecule has 0 aromatic heterocycles. The molecule has 1 aliphatic rings. The molecule has 130 valence electrons. The van der Waals surface area contributed by atoms with Crippen molar-refractivity contribution in [2.75, 3.05) is 33.9 Å². The first kappa shape index (κ1) is 18.0. The second-order valence-electron chi connectivity index (χ2n) is 5.99. The van der Waals surface area contributed by atoms with Gasteiger partial charge in [-0.15, -0.1) is 0 Å². The second kappa shape index (κ2) is 7.07. The topological polar surface area (TPSA) is 65.1 Å². The molecule has 23 heavy (non-hydrogen) atoms. The summed E-state index contributed by atoms with van der Waals surface area (Å²) in [5, 5.41) is 0. The van der Waals surface area contributed by atoms with E-state index < -0.39 is 10.0 Å². The van der Waals surface area contributed by atoms with E-state index in [2.05, 4.69) is 0 Å². The van der Waals surface area contributed by atoms with E-state index in [4.69, 9.17) is 14.2 Å². The highest BCUT2D eigenvalue weighted by molar-refractivity contribution is 7.89. The van der Waals surface area contributed by atoms with Gasteiger partial charge < -0.3 is 14.2 Å². The number of hydrogen-bond donors (Lipinski definition) is 0. The summed E-state index contributed by atoms with van der Waals surface area (Å²) in [6, 6.07) is 3.22. The van der Waals surface area contributed by atoms with Gasteiger partial charge in [0.25, 0.3) is 0 Å². The molecule has 0 N–H and O–H groups in total. The molecule has 0 bridgehead atoms. The summed E-state index contributed by atoms with van der Waals surface area (Å²) in [6.45, 7) is 6.96. The Kier molecular flexibility index (Phi) is 5.54. The van der Waals surface area contributed by atoms with Crippen LogP contribution in [0.3, 0.4) is 0 Å². The molecule has 1 heterocycles. The minimum absolute atomic E-state index is 0.0843. The SMILES string of the molecule is COc1cc(C)c(S(=O)(=O)N2CCO[C@@H](C(C)C)C2)cc1OC. The van der Waals surface area contributed by atoms with Gasteiger partial charge in [-0.05, 0) is 24.5 Å². The molecular weight excluding hydrogens is 318 g/mol. The fraction of sp³-hybridized carbons (Fsp3) is 0.625. The number of morpholine rings is 1. The van der Waals surface area contributed by atoms with Crippen molar-refractivity contribution in [1.29, 1.82) is 0 Å². The van der Waals surface area contributed by atoms with Gasteiger partial charge in [0.2, 0.25) is 10.0 Å². The predicted molar refractivity (Wildman–Crippen MR) is 87.6 cm³/mol. The van der Waals surface area contributed by atoms with Crippen LogP contribution in [0.5, 0.6) is 11.5 Å². The zero-order valence-corrected chi connectivity index (χ0v) is 15.1. The molecule has 0 unspecified atom stereocenters. The maximum atomic E-state index is 13.0. The smallest absolute Gasteiger partial charge is 0.243 e. The van der Waals surface area contributed by atoms with Crippen molar-refractivity contribution < 1.29 is 22.6 Å². The Balaban J connectivity index is 2.39. The van der Waals surface area contributed by atoms with E-state index in [9.17, 15) is 8.42 Å². The molecule has 7 heteroatoms. The van der Waals surface area contributed by atoms with Crippen molar-refractivity contribution in [1.82, 2.24) is 4.31 Å². The van der Waals surface area contributed by atoms with Crippen molar-refractivity contribution in [3.05, 3.63) is 17.7 Å². The Morgan fingerprint density at radius 2 is 1.83 bits per heavy atom. The molecule has 1 saturated heterocycles. The predicted octanol–water partition coefficient (Wildman–Crippen LogP) is 2.06. The van der Waals surface area contributed by atoms with Crippen molar-refractivity contribution in [2.45, 2.75) is 31.8 Å². The van der Waals surface area contributed by atoms with E-state index in [0.717, 1.165) is 0 Å². The maximum Gasteiger partial charge on any atom is 0.243 e. The number of aryl methyl sites for hydroxylation is 1. The summed E-state index contributed by atoms with van der Waals surface area (Å²) >= 11 is 0. The van der Waals surface area contributed by atoms with E-state index in [-0.39, 0.29) is 16.9 Å². The van der Waals surface area contributed by atoms with E-state index in [1.165, 1.54) is 24.6 Å². The molecule has 0 radical (unpaired) electrons. The zero-order chi connectivity index (χ0) is 17.2. The van der Waals surface area contributed by atoms with Crippen LogP contribution < -0.4 is 9.47 Å². The molecule has 0 saturated carbocycles. The fourth-order valence-corrected chi connectivity index (χ4v) is 4.31. The number of hydrogen-bond acceptors (Lipinski definition) is 5. The second-order valence-corrected chi connectivity index (χ2v) is 7.90. The van der Waals surface area contributed by atoms with Crippen molar-refractivity contribution in [3.63, 3.8) is 0 Å². The van der Waals surface area contributed by atoms with Crippen molar-refractivity contribution in [2.24, 2.45) is 5.92 Å². The first-order valence-electron chi connectivity index (χ1n) is 7.65. The number of nitrogens with zero attached hydrogens (tertiary/aromatic N) is 1. The van der Waals surface area contributed by atoms with Crippen molar-refractivity contribution in [3.8, 4) is 11.5 Å². The summed E-state index contributed by atoms with van der Waals surface area (Å²) in [7, 11) is -0.577. The summed E-state index contributed by atoms with van der Waals surface area (Å²) in [5.74, 6) is 1.19. The van der Waals surface area contributed by atoms with Crippen LogP contribution in [0.2, 0.25) is 0 Å². The zero-order valence-electron chi connectivity index (χ0n) is 14.3. The minimum atomic E-state index is -3.60. The standard InChI is InChI=1S/C16H25NO5S/c1-11(2)15-10-17(6-7-22-15)23(18,19)16-9-14(21-5)13(20-4)8-12(16)3/h8-9,11,15H,6-7,10H2,1-5H3/t15-/m1/s1. The molecule has 6 nitrogen and oxygen atoms in total. The Morgan fingerprint density at radius 3 is 2.39 bits per heavy atom. The van der Waals surface area contributed by atoms with Crippen LogP contribution in [-0.4, -0.2) is 52.7 Å². The van der Waals surface area contributed by atoms with E-state index in [1.807, 2.05) is 13.8 Å². The van der Waals surface area contributed by atoms with Gasteiger partial charge in [-0.25, -0.2) is 8.42 Å². The third-order valence-corrected chi connectivity index (χ3v) is 6.11. The number of methoxy groups -OCH3 is 2. The lowest BCUT2D eigenvalue weighted by Gasteiger charge is -2.34. The highest BCUT2D eigenvalue weighted by Gasteiger charge is 2.33. The Labute approximate surface area is 138 Å². The average Bonchev–Trinajstić information content (AvgIpc) is 2.54. The first-order chi connectivity index (χ1) is 10.8. The molecule has 1 aromatic carbocycles. The lowest BCUT2D eigenvalue weighted by atomic mass is 10.1. The highest BCUT2D eigenvalue weighted by Crippen LogP contribution is 2.34. The van der Waals surface area contributed by atoms with Crippen LogP contribution >= 0.6 is 0 Å². The van der Waals surface area contributed by atoms with Gasteiger partial charge in [-0.1, -0.05) is 13.8 Å². The Bertz CT molecular complexity index is 657. The van der Waals surface area contributed by atoms with E-state index in [1.54, 1.807) is 13.0 Å². The van der Waals surface area contributed by atoms with Gasteiger partial charge in [-0.2, -0.15) is 4.31 Å². The molecule has 1 fully saturated rings. The van der Waals surface area contributed by atoms with E-state index >= 15 is 0 Å². The highest BCUT2D eigenvalue weighted by atomic mass is 32.2. The van der Waals surface area contributed by atoms with Gasteiger partial charge in [0.1, 0.15) is 0 Å². The number of ether oxygens (including phenoxy) is 3. The normalized spacial score (nSPS) is 19.8. The average molecular weight is 343 g/mol. The molecule has 0 spiro atoms. The van der Waals surface area contributed by atoms with Crippen LogP contribution in [-0.2, 0) is 14.8 Å². The Morgan fingerprint density at radius 1 is 1.22 bits per heavy atom. The van der Waals surface area contributed by atoms with Gasteiger partial charge >= 0.3 is 0 Å². The van der Waals surface area contributed by atoms with Crippen LogP contribution in [0.1, 0.15) is 19.4 Å². The third-order valence-electron chi connectivity index (χ3n) is 4.10. The number of sulfonamides is 1. The largest absolute Gasteiger partial charge is 0.493 e. The lowest BCUT2D eigenvalue weighted by Crippen LogP contribution is -2.47. The third kappa shape index (κ3) is 3.62. The lowest BCUT2D eigenvalue weighted by molar-refractivity contribution is -0.0263. The number of rotatable bonds is 5. The summed E-state index contributed by atoms with van der Waals surface area (Å²) in [4.78, 5) is 0.250. The first-order valence-corrected chi connectivity index (χ1v) is 9.09. The van der Waals surface area contributed by atoms with Crippen LogP contribution in [0.15, 0.2) is 17.0 Å².